The molecular formula is C24H33F6N7O4Si. The average molecular weight is 626 g/mol. The SMILES string of the molecule is C[C@@H](CONC(=O)CC1CN(c2ncc(C(F)(F)F)cn2)C1)Nc1cnn(COCC[Si](C)(C)C)c(=O)c1C(F)(F)F. The van der Waals surface area contributed by atoms with Gasteiger partial charge in [0.2, 0.25) is 11.9 Å². The van der Waals surface area contributed by atoms with Gasteiger partial charge in [0, 0.05) is 58.5 Å². The molecule has 0 aromatic carbocycles. The Morgan fingerprint density at radius 2 is 1.74 bits per heavy atom. The molecule has 1 saturated heterocycles. The second-order valence-corrected chi connectivity index (χ2v) is 16.8. The number of rotatable bonds is 13. The van der Waals surface area contributed by atoms with E-state index >= 15 is 0 Å². The van der Waals surface area contributed by atoms with Crippen molar-refractivity contribution in [1.82, 2.24) is 25.2 Å². The molecule has 0 saturated carbocycles. The number of alkyl halides is 6. The van der Waals surface area contributed by atoms with Gasteiger partial charge in [0.15, 0.2) is 0 Å². The van der Waals surface area contributed by atoms with E-state index in [1.165, 1.54) is 6.92 Å². The topological polar surface area (TPSA) is 124 Å². The lowest BCUT2D eigenvalue weighted by Crippen LogP contribution is -2.49. The minimum Gasteiger partial charge on any atom is -0.378 e. The minimum absolute atomic E-state index is 0.0410. The number of carbonyl (C=O) groups is 1. The van der Waals surface area contributed by atoms with Gasteiger partial charge in [0.1, 0.15) is 12.3 Å². The Labute approximate surface area is 238 Å². The second-order valence-electron chi connectivity index (χ2n) is 11.2. The number of hydroxylamine groups is 1. The van der Waals surface area contributed by atoms with Crippen LogP contribution in [0.3, 0.4) is 0 Å². The van der Waals surface area contributed by atoms with Crippen LogP contribution in [0.1, 0.15) is 24.5 Å². The van der Waals surface area contributed by atoms with E-state index in [2.05, 4.69) is 45.5 Å². The lowest BCUT2D eigenvalue weighted by Gasteiger charge is -2.38. The fourth-order valence-corrected chi connectivity index (χ4v) is 4.60. The third-order valence-corrected chi connectivity index (χ3v) is 7.84. The molecule has 1 amide bonds. The Morgan fingerprint density at radius 1 is 1.10 bits per heavy atom. The third kappa shape index (κ3) is 9.65. The second kappa shape index (κ2) is 13.4. The van der Waals surface area contributed by atoms with Gasteiger partial charge in [0.25, 0.3) is 5.56 Å². The molecule has 3 heterocycles. The molecule has 2 N–H and O–H groups in total. The molecule has 0 radical (unpaired) electrons. The Balaban J connectivity index is 1.44. The average Bonchev–Trinajstić information content (AvgIpc) is 2.83. The number of aromatic nitrogens is 4. The van der Waals surface area contributed by atoms with Gasteiger partial charge >= 0.3 is 12.4 Å². The fourth-order valence-electron chi connectivity index (χ4n) is 3.84. The monoisotopic (exact) mass is 625 g/mol. The molecule has 0 aliphatic carbocycles. The Morgan fingerprint density at radius 3 is 2.31 bits per heavy atom. The zero-order valence-electron chi connectivity index (χ0n) is 23.5. The molecule has 3 rings (SSSR count). The number of hydrogen-bond donors (Lipinski definition) is 2. The van der Waals surface area contributed by atoms with Crippen LogP contribution in [-0.4, -0.2) is 66.1 Å². The van der Waals surface area contributed by atoms with E-state index < -0.39 is 61.5 Å². The van der Waals surface area contributed by atoms with Crippen molar-refractivity contribution in [3.63, 3.8) is 0 Å². The zero-order chi connectivity index (χ0) is 31.3. The predicted molar refractivity (Wildman–Crippen MR) is 142 cm³/mol. The molecule has 2 aromatic rings. The molecule has 0 unspecified atom stereocenters. The van der Waals surface area contributed by atoms with E-state index in [0.717, 1.165) is 12.2 Å². The van der Waals surface area contributed by atoms with E-state index in [-0.39, 0.29) is 24.9 Å². The first-order chi connectivity index (χ1) is 19.4. The van der Waals surface area contributed by atoms with Gasteiger partial charge in [-0.1, -0.05) is 19.6 Å². The largest absolute Gasteiger partial charge is 0.423 e. The molecule has 0 bridgehead atoms. The van der Waals surface area contributed by atoms with Crippen LogP contribution < -0.4 is 21.3 Å². The zero-order valence-corrected chi connectivity index (χ0v) is 24.5. The Bertz CT molecular complexity index is 1260. The Kier molecular flexibility index (Phi) is 10.6. The van der Waals surface area contributed by atoms with Crippen molar-refractivity contribution >= 4 is 25.6 Å². The van der Waals surface area contributed by atoms with Crippen LogP contribution in [0.25, 0.3) is 0 Å². The van der Waals surface area contributed by atoms with Crippen molar-refractivity contribution in [1.29, 1.82) is 0 Å². The number of anilines is 2. The van der Waals surface area contributed by atoms with Crippen LogP contribution in [0.5, 0.6) is 0 Å². The molecule has 234 valence electrons. The molecule has 18 heteroatoms. The van der Waals surface area contributed by atoms with E-state index in [0.29, 0.717) is 36.8 Å². The number of hydrogen-bond acceptors (Lipinski definition) is 9. The fraction of sp³-hybridized carbons (Fsp3) is 0.625. The van der Waals surface area contributed by atoms with E-state index in [1.54, 1.807) is 4.90 Å². The normalized spacial score (nSPS) is 15.3. The molecule has 42 heavy (non-hydrogen) atoms. The van der Waals surface area contributed by atoms with Crippen molar-refractivity contribution in [3.05, 3.63) is 40.1 Å². The highest BCUT2D eigenvalue weighted by Crippen LogP contribution is 2.32. The van der Waals surface area contributed by atoms with Crippen molar-refractivity contribution < 1.29 is 40.7 Å². The number of nitrogens with one attached hydrogen (secondary N) is 2. The van der Waals surface area contributed by atoms with Crippen LogP contribution in [0.15, 0.2) is 23.4 Å². The van der Waals surface area contributed by atoms with Gasteiger partial charge in [0.05, 0.1) is 24.1 Å². The molecule has 0 spiro atoms. The highest BCUT2D eigenvalue weighted by atomic mass is 28.3. The maximum absolute atomic E-state index is 13.7. The van der Waals surface area contributed by atoms with E-state index in [9.17, 15) is 35.9 Å². The van der Waals surface area contributed by atoms with Crippen molar-refractivity contribution in [3.8, 4) is 0 Å². The quantitative estimate of drug-likeness (QED) is 0.148. The number of ether oxygens (including phenoxy) is 1. The summed E-state index contributed by atoms with van der Waals surface area (Å²) in [5.41, 5.74) is -2.06. The van der Waals surface area contributed by atoms with Crippen LogP contribution in [0, 0.1) is 5.92 Å². The van der Waals surface area contributed by atoms with Gasteiger partial charge in [-0.3, -0.25) is 14.4 Å². The number of amides is 1. The first-order valence-electron chi connectivity index (χ1n) is 13.0. The van der Waals surface area contributed by atoms with Crippen molar-refractivity contribution in [2.45, 2.75) is 64.2 Å². The number of carbonyl (C=O) groups excluding carboxylic acids is 1. The molecule has 1 aliphatic rings. The van der Waals surface area contributed by atoms with Crippen LogP contribution >= 0.6 is 0 Å². The maximum Gasteiger partial charge on any atom is 0.423 e. The standard InChI is InChI=1S/C24H33F6N7O4Si/c1-15(34-18-10-33-37(14-40-5-6-42(2,3)4)21(39)20(18)24(28,29)30)13-41-35-19(38)7-16-11-36(12-16)22-31-8-17(9-32-22)23(25,26)27/h8-10,15-16,34H,5-7,11-14H2,1-4H3,(H,35,38)/t15-/m0/s1. The van der Waals surface area contributed by atoms with Gasteiger partial charge in [-0.05, 0) is 13.0 Å². The summed E-state index contributed by atoms with van der Waals surface area (Å²) in [4.78, 5) is 38.9. The maximum atomic E-state index is 13.7. The summed E-state index contributed by atoms with van der Waals surface area (Å²) in [5.74, 6) is -0.498. The summed E-state index contributed by atoms with van der Waals surface area (Å²) < 4.78 is 85.1. The van der Waals surface area contributed by atoms with Crippen molar-refractivity contribution in [2.24, 2.45) is 5.92 Å². The van der Waals surface area contributed by atoms with Crippen LogP contribution in [-0.2, 0) is 33.5 Å². The number of nitrogens with zero attached hydrogens (tertiary/aromatic N) is 5. The molecule has 2 aromatic heterocycles. The summed E-state index contributed by atoms with van der Waals surface area (Å²) >= 11 is 0. The molecule has 1 aliphatic heterocycles. The summed E-state index contributed by atoms with van der Waals surface area (Å²) in [6.07, 6.45) is -7.18. The molecule has 1 atom stereocenters. The van der Waals surface area contributed by atoms with Gasteiger partial charge in [-0.2, -0.15) is 31.4 Å². The van der Waals surface area contributed by atoms with Crippen LogP contribution in [0.4, 0.5) is 38.0 Å². The molecular weight excluding hydrogens is 592 g/mol. The minimum atomic E-state index is -4.96. The van der Waals surface area contributed by atoms with E-state index in [1.807, 2.05) is 0 Å². The highest BCUT2D eigenvalue weighted by Gasteiger charge is 2.39. The molecule has 1 fully saturated rings. The van der Waals surface area contributed by atoms with E-state index in [4.69, 9.17) is 9.57 Å². The van der Waals surface area contributed by atoms with Gasteiger partial charge in [-0.25, -0.2) is 20.1 Å². The summed E-state index contributed by atoms with van der Waals surface area (Å²) in [5, 5.41) is 6.34. The number of halogens is 6. The smallest absolute Gasteiger partial charge is 0.378 e. The predicted octanol–water partition coefficient (Wildman–Crippen LogP) is 3.76. The lowest BCUT2D eigenvalue weighted by atomic mass is 9.96. The van der Waals surface area contributed by atoms with Crippen molar-refractivity contribution in [2.75, 3.05) is 36.5 Å². The summed E-state index contributed by atoms with van der Waals surface area (Å²) in [7, 11) is -1.42. The Hall–Kier alpha value is -3.25. The third-order valence-electron chi connectivity index (χ3n) is 6.14. The first-order valence-corrected chi connectivity index (χ1v) is 16.7. The van der Waals surface area contributed by atoms with Gasteiger partial charge < -0.3 is 15.0 Å². The summed E-state index contributed by atoms with van der Waals surface area (Å²) in [6, 6.07) is 0.0192. The highest BCUT2D eigenvalue weighted by molar-refractivity contribution is 6.76. The van der Waals surface area contributed by atoms with Crippen LogP contribution in [0.2, 0.25) is 25.7 Å². The first kappa shape index (κ1) is 33.3. The lowest BCUT2D eigenvalue weighted by molar-refractivity contribution is -0.139. The van der Waals surface area contributed by atoms with Gasteiger partial charge in [-0.15, -0.1) is 0 Å². The summed E-state index contributed by atoms with van der Waals surface area (Å²) in [6.45, 7) is 8.19. The molecule has 11 nitrogen and oxygen atoms in total.